The Kier molecular flexibility index (Phi) is 7.15. The van der Waals surface area contributed by atoms with E-state index in [0.717, 1.165) is 17.0 Å². The van der Waals surface area contributed by atoms with Gasteiger partial charge in [-0.2, -0.15) is 0 Å². The summed E-state index contributed by atoms with van der Waals surface area (Å²) in [5, 5.41) is 3.37. The summed E-state index contributed by atoms with van der Waals surface area (Å²) in [4.78, 5) is 26.9. The van der Waals surface area contributed by atoms with Gasteiger partial charge in [0.25, 0.3) is 0 Å². The second-order valence-electron chi connectivity index (χ2n) is 8.60. The maximum atomic E-state index is 13.8. The second kappa shape index (κ2) is 10.3. The van der Waals surface area contributed by atoms with Crippen LogP contribution < -0.4 is 19.5 Å². The van der Waals surface area contributed by atoms with E-state index in [1.54, 1.807) is 34.3 Å². The molecule has 0 radical (unpaired) electrons. The number of dihydropyridines is 1. The highest BCUT2D eigenvalue weighted by molar-refractivity contribution is 6.04. The summed E-state index contributed by atoms with van der Waals surface area (Å²) in [6.45, 7) is 3.84. The number of hydrogen-bond donors (Lipinski definition) is 1. The van der Waals surface area contributed by atoms with Gasteiger partial charge < -0.3 is 24.3 Å². The van der Waals surface area contributed by atoms with Gasteiger partial charge in [0.05, 0.1) is 39.4 Å². The molecule has 7 nitrogen and oxygen atoms in total. The van der Waals surface area contributed by atoms with Crippen molar-refractivity contribution in [3.63, 3.8) is 0 Å². The van der Waals surface area contributed by atoms with Gasteiger partial charge in [-0.25, -0.2) is 4.79 Å². The summed E-state index contributed by atoms with van der Waals surface area (Å²) in [6.07, 6.45) is 0.954. The lowest BCUT2D eigenvalue weighted by Gasteiger charge is -2.37. The van der Waals surface area contributed by atoms with E-state index >= 15 is 0 Å². The molecule has 0 spiro atoms. The molecule has 0 amide bonds. The van der Waals surface area contributed by atoms with Crippen molar-refractivity contribution >= 4 is 11.8 Å². The van der Waals surface area contributed by atoms with Gasteiger partial charge in [-0.05, 0) is 49.9 Å². The van der Waals surface area contributed by atoms with Crippen molar-refractivity contribution in [1.82, 2.24) is 5.32 Å². The van der Waals surface area contributed by atoms with E-state index in [1.165, 1.54) is 0 Å². The number of carbonyl (C=O) groups excluding carboxylic acids is 2. The second-order valence-corrected chi connectivity index (χ2v) is 8.60. The van der Waals surface area contributed by atoms with Crippen LogP contribution in [0.2, 0.25) is 0 Å². The number of methoxy groups -OCH3 is 3. The Bertz CT molecular complexity index is 1210. The van der Waals surface area contributed by atoms with Crippen molar-refractivity contribution < 1.29 is 28.5 Å². The van der Waals surface area contributed by atoms with Gasteiger partial charge in [0.2, 0.25) is 0 Å². The standard InChI is InChI=1S/C28H31NO6/c1-6-35-28(31)24-16(2)29-21-14-18(17-9-7-10-19(13-17)32-3)15-22(30)26(21)25(24)20-11-8-12-23(33-4)27(20)34-5/h7-13,18,25,29H,6,14-15H2,1-5H3. The number of esters is 1. The van der Waals surface area contributed by atoms with Crippen LogP contribution in [0.1, 0.15) is 49.7 Å². The molecule has 0 bridgehead atoms. The number of allylic oxidation sites excluding steroid dienone is 3. The Morgan fingerprint density at radius 3 is 2.49 bits per heavy atom. The smallest absolute Gasteiger partial charge is 0.336 e. The molecule has 0 saturated carbocycles. The molecular formula is C28H31NO6. The molecule has 184 valence electrons. The normalized spacial score (nSPS) is 19.6. The van der Waals surface area contributed by atoms with Gasteiger partial charge in [0, 0.05) is 29.0 Å². The number of para-hydroxylation sites is 1. The minimum Gasteiger partial charge on any atom is -0.497 e. The van der Waals surface area contributed by atoms with Crippen LogP contribution in [-0.4, -0.2) is 39.7 Å². The minimum atomic E-state index is -0.630. The Morgan fingerprint density at radius 1 is 1.03 bits per heavy atom. The quantitative estimate of drug-likeness (QED) is 0.582. The summed E-state index contributed by atoms with van der Waals surface area (Å²) in [6, 6.07) is 13.3. The maximum absolute atomic E-state index is 13.8. The molecule has 1 aliphatic heterocycles. The molecule has 1 N–H and O–H groups in total. The summed E-state index contributed by atoms with van der Waals surface area (Å²) < 4.78 is 22.0. The third-order valence-electron chi connectivity index (χ3n) is 6.63. The zero-order chi connectivity index (χ0) is 25.1. The van der Waals surface area contributed by atoms with E-state index in [1.807, 2.05) is 43.3 Å². The fourth-order valence-electron chi connectivity index (χ4n) is 5.10. The number of rotatable bonds is 7. The highest BCUT2D eigenvalue weighted by Gasteiger charge is 2.42. The zero-order valence-corrected chi connectivity index (χ0v) is 20.8. The summed E-state index contributed by atoms with van der Waals surface area (Å²) >= 11 is 0. The molecular weight excluding hydrogens is 446 g/mol. The Labute approximate surface area is 205 Å². The van der Waals surface area contributed by atoms with Gasteiger partial charge in [-0.3, -0.25) is 4.79 Å². The fourth-order valence-corrected chi connectivity index (χ4v) is 5.10. The Morgan fingerprint density at radius 2 is 1.80 bits per heavy atom. The highest BCUT2D eigenvalue weighted by atomic mass is 16.5. The van der Waals surface area contributed by atoms with E-state index in [-0.39, 0.29) is 18.3 Å². The first-order valence-corrected chi connectivity index (χ1v) is 11.7. The summed E-state index contributed by atoms with van der Waals surface area (Å²) in [5.74, 6) is 0.668. The number of benzene rings is 2. The van der Waals surface area contributed by atoms with Crippen molar-refractivity contribution in [2.75, 3.05) is 27.9 Å². The number of hydrogen-bond acceptors (Lipinski definition) is 7. The van der Waals surface area contributed by atoms with Crippen LogP contribution in [0.25, 0.3) is 0 Å². The number of nitrogens with one attached hydrogen (secondary N) is 1. The van der Waals surface area contributed by atoms with E-state index in [9.17, 15) is 9.59 Å². The molecule has 7 heteroatoms. The molecule has 2 aliphatic rings. The van der Waals surface area contributed by atoms with Gasteiger partial charge in [0.1, 0.15) is 5.75 Å². The van der Waals surface area contributed by atoms with Crippen molar-refractivity contribution in [2.24, 2.45) is 0 Å². The highest BCUT2D eigenvalue weighted by Crippen LogP contribution is 2.49. The van der Waals surface area contributed by atoms with Crippen LogP contribution in [-0.2, 0) is 14.3 Å². The first kappa shape index (κ1) is 24.4. The van der Waals surface area contributed by atoms with Crippen LogP contribution in [0.3, 0.4) is 0 Å². The number of ether oxygens (including phenoxy) is 4. The lowest BCUT2D eigenvalue weighted by atomic mass is 9.71. The molecule has 0 saturated heterocycles. The van der Waals surface area contributed by atoms with Crippen LogP contribution >= 0.6 is 0 Å². The average molecular weight is 478 g/mol. The molecule has 2 aromatic rings. The van der Waals surface area contributed by atoms with Gasteiger partial charge in [0.15, 0.2) is 17.3 Å². The number of ketones is 1. The molecule has 1 aliphatic carbocycles. The topological polar surface area (TPSA) is 83.1 Å². The van der Waals surface area contributed by atoms with E-state index in [0.29, 0.717) is 46.7 Å². The van der Waals surface area contributed by atoms with Crippen LogP contribution in [0.5, 0.6) is 17.2 Å². The van der Waals surface area contributed by atoms with Gasteiger partial charge in [-0.15, -0.1) is 0 Å². The van der Waals surface area contributed by atoms with Gasteiger partial charge in [-0.1, -0.05) is 24.3 Å². The lowest BCUT2D eigenvalue weighted by molar-refractivity contribution is -0.138. The molecule has 2 atom stereocenters. The Hall–Kier alpha value is -3.74. The third kappa shape index (κ3) is 4.50. The predicted octanol–water partition coefficient (Wildman–Crippen LogP) is 4.64. The minimum absolute atomic E-state index is 0.00588. The molecule has 4 rings (SSSR count). The molecule has 0 fully saturated rings. The molecule has 2 unspecified atom stereocenters. The average Bonchev–Trinajstić information content (AvgIpc) is 2.87. The lowest BCUT2D eigenvalue weighted by Crippen LogP contribution is -2.36. The number of carbonyl (C=O) groups is 2. The van der Waals surface area contributed by atoms with Crippen molar-refractivity contribution in [1.29, 1.82) is 0 Å². The summed E-state index contributed by atoms with van der Waals surface area (Å²) in [7, 11) is 4.75. The largest absolute Gasteiger partial charge is 0.497 e. The summed E-state index contributed by atoms with van der Waals surface area (Å²) in [5.41, 5.74) is 4.19. The fraction of sp³-hybridized carbons (Fsp3) is 0.357. The van der Waals surface area contributed by atoms with Gasteiger partial charge >= 0.3 is 5.97 Å². The number of Topliss-reactive ketones (excluding diaryl/α,β-unsaturated/α-hetero) is 1. The van der Waals surface area contributed by atoms with Crippen molar-refractivity contribution in [2.45, 2.75) is 38.5 Å². The third-order valence-corrected chi connectivity index (χ3v) is 6.63. The first-order chi connectivity index (χ1) is 16.9. The molecule has 35 heavy (non-hydrogen) atoms. The van der Waals surface area contributed by atoms with E-state index in [2.05, 4.69) is 5.32 Å². The predicted molar refractivity (Wildman–Crippen MR) is 132 cm³/mol. The first-order valence-electron chi connectivity index (χ1n) is 11.7. The van der Waals surface area contributed by atoms with E-state index < -0.39 is 11.9 Å². The Balaban J connectivity index is 1.86. The molecule has 1 heterocycles. The van der Waals surface area contributed by atoms with Crippen molar-refractivity contribution in [3.8, 4) is 17.2 Å². The molecule has 2 aromatic carbocycles. The maximum Gasteiger partial charge on any atom is 0.336 e. The SMILES string of the molecule is CCOC(=O)C1=C(C)NC2=C(C(=O)CC(c3cccc(OC)c3)C2)C1c1cccc(OC)c1OC. The van der Waals surface area contributed by atoms with Crippen LogP contribution in [0.15, 0.2) is 65.0 Å². The van der Waals surface area contributed by atoms with Crippen molar-refractivity contribution in [3.05, 3.63) is 76.1 Å². The molecule has 0 aromatic heterocycles. The zero-order valence-electron chi connectivity index (χ0n) is 20.8. The monoisotopic (exact) mass is 477 g/mol. The van der Waals surface area contributed by atoms with Crippen LogP contribution in [0.4, 0.5) is 0 Å². The van der Waals surface area contributed by atoms with E-state index in [4.69, 9.17) is 18.9 Å². The van der Waals surface area contributed by atoms with Crippen LogP contribution in [0, 0.1) is 0 Å².